The Bertz CT molecular complexity index is 413. The lowest BCUT2D eigenvalue weighted by Gasteiger charge is -2.19. The third kappa shape index (κ3) is 4.82. The Kier molecular flexibility index (Phi) is 6.21. The lowest BCUT2D eigenvalue weighted by atomic mass is 10.0. The van der Waals surface area contributed by atoms with E-state index in [1.807, 2.05) is 0 Å². The van der Waals surface area contributed by atoms with Gasteiger partial charge in [-0.1, -0.05) is 18.2 Å². The van der Waals surface area contributed by atoms with Crippen molar-refractivity contribution in [3.05, 3.63) is 29.8 Å². The van der Waals surface area contributed by atoms with E-state index < -0.39 is 18.6 Å². The van der Waals surface area contributed by atoms with Crippen molar-refractivity contribution in [3.8, 4) is 5.75 Å². The van der Waals surface area contributed by atoms with Crippen LogP contribution < -0.4 is 10.1 Å². The van der Waals surface area contributed by atoms with E-state index >= 15 is 0 Å². The molecule has 0 radical (unpaired) electrons. The van der Waals surface area contributed by atoms with Gasteiger partial charge >= 0.3 is 12.6 Å². The molecule has 1 atom stereocenters. The first kappa shape index (κ1) is 15.4. The molecule has 4 nitrogen and oxygen atoms in total. The lowest BCUT2D eigenvalue weighted by Crippen LogP contribution is -2.22. The second-order valence-electron chi connectivity index (χ2n) is 3.77. The molecule has 0 aliphatic carbocycles. The quantitative estimate of drug-likeness (QED) is 0.775. The summed E-state index contributed by atoms with van der Waals surface area (Å²) in [5.74, 6) is -0.338. The van der Waals surface area contributed by atoms with E-state index in [1.165, 1.54) is 6.07 Å². The second kappa shape index (κ2) is 7.68. The van der Waals surface area contributed by atoms with Crippen LogP contribution in [-0.2, 0) is 9.53 Å². The number of nitrogens with one attached hydrogen (secondary N) is 1. The molecule has 1 unspecified atom stereocenters. The van der Waals surface area contributed by atoms with Crippen LogP contribution in [0.25, 0.3) is 0 Å². The highest BCUT2D eigenvalue weighted by Gasteiger charge is 2.20. The largest absolute Gasteiger partial charge is 0.466 e. The third-order valence-electron chi connectivity index (χ3n) is 2.54. The first-order valence-electron chi connectivity index (χ1n) is 5.95. The van der Waals surface area contributed by atoms with Gasteiger partial charge in [-0.15, -0.1) is 0 Å². The van der Waals surface area contributed by atoms with Gasteiger partial charge in [-0.05, 0) is 20.0 Å². The molecule has 1 aromatic carbocycles. The van der Waals surface area contributed by atoms with Crippen LogP contribution in [0.1, 0.15) is 24.9 Å². The number of hydrogen-bond acceptors (Lipinski definition) is 4. The van der Waals surface area contributed by atoms with Gasteiger partial charge in [0, 0.05) is 11.6 Å². The zero-order valence-corrected chi connectivity index (χ0v) is 10.9. The first-order valence-corrected chi connectivity index (χ1v) is 5.95. The first-order chi connectivity index (χ1) is 9.08. The van der Waals surface area contributed by atoms with Crippen molar-refractivity contribution in [2.75, 3.05) is 13.7 Å². The number of alkyl halides is 2. The van der Waals surface area contributed by atoms with Crippen LogP contribution in [-0.4, -0.2) is 26.2 Å². The molecule has 1 aromatic rings. The lowest BCUT2D eigenvalue weighted by molar-refractivity contribution is -0.143. The van der Waals surface area contributed by atoms with E-state index in [1.54, 1.807) is 32.2 Å². The van der Waals surface area contributed by atoms with Crippen LogP contribution in [0, 0.1) is 0 Å². The fourth-order valence-corrected chi connectivity index (χ4v) is 1.73. The van der Waals surface area contributed by atoms with Crippen molar-refractivity contribution in [2.24, 2.45) is 0 Å². The minimum absolute atomic E-state index is 0.0496. The molecule has 0 aromatic heterocycles. The molecule has 0 aliphatic heterocycles. The highest BCUT2D eigenvalue weighted by molar-refractivity contribution is 5.70. The average molecular weight is 273 g/mol. The molecule has 0 aliphatic rings. The van der Waals surface area contributed by atoms with Crippen molar-refractivity contribution in [2.45, 2.75) is 26.0 Å². The summed E-state index contributed by atoms with van der Waals surface area (Å²) in [5.41, 5.74) is 0.498. The van der Waals surface area contributed by atoms with E-state index in [4.69, 9.17) is 4.74 Å². The predicted octanol–water partition coefficient (Wildman–Crippen LogP) is 2.50. The number of halogens is 2. The molecule has 0 spiro atoms. The predicted molar refractivity (Wildman–Crippen MR) is 66.1 cm³/mol. The molecule has 106 valence electrons. The van der Waals surface area contributed by atoms with Gasteiger partial charge in [0.1, 0.15) is 5.75 Å². The van der Waals surface area contributed by atoms with Gasteiger partial charge in [0.05, 0.1) is 13.0 Å². The van der Waals surface area contributed by atoms with Crippen molar-refractivity contribution in [3.63, 3.8) is 0 Å². The van der Waals surface area contributed by atoms with Gasteiger partial charge in [-0.2, -0.15) is 8.78 Å². The van der Waals surface area contributed by atoms with Gasteiger partial charge < -0.3 is 14.8 Å². The minimum atomic E-state index is -2.90. The molecule has 0 amide bonds. The maximum Gasteiger partial charge on any atom is 0.387 e. The number of hydrogen-bond donors (Lipinski definition) is 1. The minimum Gasteiger partial charge on any atom is -0.466 e. The number of carbonyl (C=O) groups excluding carboxylic acids is 1. The Morgan fingerprint density at radius 3 is 2.63 bits per heavy atom. The van der Waals surface area contributed by atoms with Gasteiger partial charge in [-0.3, -0.25) is 4.79 Å². The molecule has 6 heteroatoms. The molecular weight excluding hydrogens is 256 g/mol. The van der Waals surface area contributed by atoms with Crippen molar-refractivity contribution in [1.82, 2.24) is 5.32 Å². The van der Waals surface area contributed by atoms with Crippen LogP contribution in [0.4, 0.5) is 8.78 Å². The number of rotatable bonds is 7. The van der Waals surface area contributed by atoms with Crippen molar-refractivity contribution >= 4 is 5.97 Å². The van der Waals surface area contributed by atoms with Crippen LogP contribution in [0.5, 0.6) is 5.75 Å². The van der Waals surface area contributed by atoms with Crippen LogP contribution in [0.15, 0.2) is 24.3 Å². The second-order valence-corrected chi connectivity index (χ2v) is 3.77. The monoisotopic (exact) mass is 273 g/mol. The Morgan fingerprint density at radius 2 is 2.05 bits per heavy atom. The standard InChI is InChI=1S/C13H17F2NO3/c1-3-18-12(17)8-10(16-2)9-6-4-5-7-11(9)19-13(14)15/h4-7,10,13,16H,3,8H2,1-2H3. The molecule has 19 heavy (non-hydrogen) atoms. The molecule has 1 N–H and O–H groups in total. The summed E-state index contributed by atoms with van der Waals surface area (Å²) in [6.07, 6.45) is 0.0496. The fourth-order valence-electron chi connectivity index (χ4n) is 1.73. The third-order valence-corrected chi connectivity index (χ3v) is 2.54. The highest BCUT2D eigenvalue weighted by atomic mass is 19.3. The molecule has 0 saturated carbocycles. The zero-order valence-electron chi connectivity index (χ0n) is 10.9. The maximum atomic E-state index is 12.3. The van der Waals surface area contributed by atoms with Crippen LogP contribution in [0.3, 0.4) is 0 Å². The summed E-state index contributed by atoms with van der Waals surface area (Å²) in [7, 11) is 1.64. The molecular formula is C13H17F2NO3. The summed E-state index contributed by atoms with van der Waals surface area (Å²) in [6, 6.07) is 5.94. The van der Waals surface area contributed by atoms with E-state index in [9.17, 15) is 13.6 Å². The van der Waals surface area contributed by atoms with Gasteiger partial charge in [0.15, 0.2) is 0 Å². The van der Waals surface area contributed by atoms with E-state index in [2.05, 4.69) is 10.1 Å². The zero-order chi connectivity index (χ0) is 14.3. The topological polar surface area (TPSA) is 47.6 Å². The number of ether oxygens (including phenoxy) is 2. The number of benzene rings is 1. The summed E-state index contributed by atoms with van der Waals surface area (Å²) < 4.78 is 33.9. The normalized spacial score (nSPS) is 12.3. The van der Waals surface area contributed by atoms with E-state index in [-0.39, 0.29) is 18.8 Å². The number of para-hydroxylation sites is 1. The summed E-state index contributed by atoms with van der Waals surface area (Å²) in [6.45, 7) is -0.911. The van der Waals surface area contributed by atoms with E-state index in [0.29, 0.717) is 5.56 Å². The molecule has 1 rings (SSSR count). The highest BCUT2D eigenvalue weighted by Crippen LogP contribution is 2.28. The maximum absolute atomic E-state index is 12.3. The summed E-state index contributed by atoms with van der Waals surface area (Å²) in [4.78, 5) is 11.5. The van der Waals surface area contributed by atoms with Crippen molar-refractivity contribution in [1.29, 1.82) is 0 Å². The Morgan fingerprint density at radius 1 is 1.37 bits per heavy atom. The molecule has 0 fully saturated rings. The van der Waals surface area contributed by atoms with Gasteiger partial charge in [-0.25, -0.2) is 0 Å². The SMILES string of the molecule is CCOC(=O)CC(NC)c1ccccc1OC(F)F. The molecule has 0 heterocycles. The van der Waals surface area contributed by atoms with E-state index in [0.717, 1.165) is 0 Å². The van der Waals surface area contributed by atoms with Gasteiger partial charge in [0.25, 0.3) is 0 Å². The van der Waals surface area contributed by atoms with Crippen molar-refractivity contribution < 1.29 is 23.0 Å². The fraction of sp³-hybridized carbons (Fsp3) is 0.462. The Hall–Kier alpha value is -1.69. The molecule has 0 saturated heterocycles. The number of carbonyl (C=O) groups is 1. The number of esters is 1. The Balaban J connectivity index is 2.88. The van der Waals surface area contributed by atoms with Gasteiger partial charge in [0.2, 0.25) is 0 Å². The summed E-state index contributed by atoms with van der Waals surface area (Å²) >= 11 is 0. The molecule has 0 bridgehead atoms. The smallest absolute Gasteiger partial charge is 0.387 e. The summed E-state index contributed by atoms with van der Waals surface area (Å²) in [5, 5.41) is 2.90. The van der Waals surface area contributed by atoms with Crippen LogP contribution >= 0.6 is 0 Å². The Labute approximate surface area is 110 Å². The average Bonchev–Trinajstić information content (AvgIpc) is 2.36. The van der Waals surface area contributed by atoms with Crippen LogP contribution in [0.2, 0.25) is 0 Å².